The Morgan fingerprint density at radius 2 is 2.10 bits per heavy atom. The highest BCUT2D eigenvalue weighted by Crippen LogP contribution is 2.22. The van der Waals surface area contributed by atoms with Gasteiger partial charge in [0.25, 0.3) is 6.43 Å². The van der Waals surface area contributed by atoms with Gasteiger partial charge >= 0.3 is 0 Å². The molecule has 0 fully saturated rings. The lowest BCUT2D eigenvalue weighted by atomic mass is 10.2. The number of benzene rings is 1. The van der Waals surface area contributed by atoms with Gasteiger partial charge in [0.1, 0.15) is 0 Å². The van der Waals surface area contributed by atoms with Gasteiger partial charge in [-0.25, -0.2) is 13.5 Å². The van der Waals surface area contributed by atoms with Crippen LogP contribution in [-0.4, -0.2) is 21.3 Å². The topological polar surface area (TPSA) is 38.0 Å². The molecule has 0 saturated carbocycles. The van der Waals surface area contributed by atoms with Crippen LogP contribution in [0.3, 0.4) is 0 Å². The van der Waals surface area contributed by atoms with Crippen molar-refractivity contribution in [1.29, 1.82) is 0 Å². The molecule has 0 aliphatic rings. The normalized spacial score (nSPS) is 13.2. The Morgan fingerprint density at radius 3 is 2.71 bits per heavy atom. The van der Waals surface area contributed by atoms with E-state index in [0.717, 1.165) is 10.9 Å². The molecule has 0 bridgehead atoms. The summed E-state index contributed by atoms with van der Waals surface area (Å²) in [6.07, 6.45) is 1.93. The molecule has 21 heavy (non-hydrogen) atoms. The molecule has 1 heterocycles. The zero-order chi connectivity index (χ0) is 15.4. The minimum Gasteiger partial charge on any atom is -0.390 e. The molecule has 0 atom stereocenters. The maximum Gasteiger partial charge on any atom is 0.259 e. The maximum atomic E-state index is 12.5. The van der Waals surface area contributed by atoms with E-state index in [4.69, 9.17) is 0 Å². The number of nitrogens with zero attached hydrogens (tertiary/aromatic N) is 2. The Morgan fingerprint density at radius 1 is 1.38 bits per heavy atom. The largest absolute Gasteiger partial charge is 0.390 e. The number of allylic oxidation sites excluding steroid dienone is 5. The quantitative estimate of drug-likeness (QED) is 0.851. The Bertz CT molecular complexity index is 714. The van der Waals surface area contributed by atoms with Gasteiger partial charge in [0.05, 0.1) is 23.5 Å². The molecule has 0 aliphatic heterocycles. The van der Waals surface area contributed by atoms with Crippen molar-refractivity contribution in [3.8, 4) is 0 Å². The summed E-state index contributed by atoms with van der Waals surface area (Å²) in [6, 6.07) is 7.40. The third kappa shape index (κ3) is 3.08. The molecule has 2 aromatic rings. The summed E-state index contributed by atoms with van der Waals surface area (Å²) >= 11 is 0. The molecule has 1 aromatic heterocycles. The number of halogens is 2. The number of hydrogen-bond donors (Lipinski definition) is 1. The summed E-state index contributed by atoms with van der Waals surface area (Å²) in [7, 11) is 0. The highest BCUT2D eigenvalue weighted by Gasteiger charge is 2.10. The summed E-state index contributed by atoms with van der Waals surface area (Å²) < 4.78 is 26.6. The van der Waals surface area contributed by atoms with Gasteiger partial charge in [-0.15, -0.1) is 0 Å². The molecule has 0 aliphatic carbocycles. The van der Waals surface area contributed by atoms with Gasteiger partial charge in [-0.2, -0.15) is 5.10 Å². The van der Waals surface area contributed by atoms with Gasteiger partial charge < -0.3 is 5.11 Å². The summed E-state index contributed by atoms with van der Waals surface area (Å²) in [5.74, 6) is 0. The summed E-state index contributed by atoms with van der Waals surface area (Å²) in [6.45, 7) is 4.87. The van der Waals surface area contributed by atoms with Crippen molar-refractivity contribution in [2.45, 2.75) is 20.0 Å². The first-order valence-electron chi connectivity index (χ1n) is 6.45. The molecule has 2 rings (SSSR count). The molecule has 0 unspecified atom stereocenters. The van der Waals surface area contributed by atoms with Gasteiger partial charge in [0.15, 0.2) is 0 Å². The van der Waals surface area contributed by atoms with Crippen LogP contribution >= 0.6 is 0 Å². The second-order valence-electron chi connectivity index (χ2n) is 4.54. The molecule has 110 valence electrons. The second kappa shape index (κ2) is 6.45. The van der Waals surface area contributed by atoms with Crippen molar-refractivity contribution in [1.82, 2.24) is 9.78 Å². The third-order valence-electron chi connectivity index (χ3n) is 3.13. The third-order valence-corrected chi connectivity index (χ3v) is 3.13. The Hall–Kier alpha value is -2.27. The number of alkyl halides is 2. The van der Waals surface area contributed by atoms with Crippen LogP contribution in [0.25, 0.3) is 16.6 Å². The Kier molecular flexibility index (Phi) is 4.65. The summed E-state index contributed by atoms with van der Waals surface area (Å²) in [4.78, 5) is 0. The predicted molar refractivity (Wildman–Crippen MR) is 79.9 cm³/mol. The lowest BCUT2D eigenvalue weighted by Crippen LogP contribution is -1.98. The molecular formula is C16H16F2N2O. The number of hydrogen-bond acceptors (Lipinski definition) is 2. The monoisotopic (exact) mass is 290 g/mol. The van der Waals surface area contributed by atoms with Crippen molar-refractivity contribution in [3.63, 3.8) is 0 Å². The molecular weight excluding hydrogens is 274 g/mol. The number of fused-ring (bicyclic) bond motifs is 1. The van der Waals surface area contributed by atoms with Crippen molar-refractivity contribution in [3.05, 3.63) is 60.3 Å². The minimum atomic E-state index is -2.49. The Labute approximate surface area is 121 Å². The van der Waals surface area contributed by atoms with Crippen molar-refractivity contribution in [2.75, 3.05) is 0 Å². The predicted octanol–water partition coefficient (Wildman–Crippen LogP) is 3.77. The Balaban J connectivity index is 2.56. The van der Waals surface area contributed by atoms with Crippen LogP contribution in [0.1, 0.15) is 12.6 Å². The van der Waals surface area contributed by atoms with E-state index in [9.17, 15) is 13.9 Å². The fourth-order valence-electron chi connectivity index (χ4n) is 1.96. The molecule has 0 amide bonds. The van der Waals surface area contributed by atoms with Crippen molar-refractivity contribution < 1.29 is 13.9 Å². The summed E-state index contributed by atoms with van der Waals surface area (Å²) in [5.41, 5.74) is 1.85. The second-order valence-corrected chi connectivity index (χ2v) is 4.54. The van der Waals surface area contributed by atoms with Crippen LogP contribution in [0, 0.1) is 0 Å². The van der Waals surface area contributed by atoms with E-state index in [-0.39, 0.29) is 12.2 Å². The van der Waals surface area contributed by atoms with Gasteiger partial charge in [-0.1, -0.05) is 30.9 Å². The van der Waals surface area contributed by atoms with Crippen molar-refractivity contribution >= 4 is 16.6 Å². The van der Waals surface area contributed by atoms with E-state index in [2.05, 4.69) is 11.7 Å². The fraction of sp³-hybridized carbons (Fsp3) is 0.188. The average molecular weight is 290 g/mol. The molecule has 0 spiro atoms. The van der Waals surface area contributed by atoms with Crippen LogP contribution in [0.2, 0.25) is 0 Å². The zero-order valence-electron chi connectivity index (χ0n) is 11.6. The zero-order valence-corrected chi connectivity index (χ0v) is 11.6. The van der Waals surface area contributed by atoms with Crippen LogP contribution < -0.4 is 0 Å². The first-order valence-corrected chi connectivity index (χ1v) is 6.45. The van der Waals surface area contributed by atoms with Gasteiger partial charge in [0.2, 0.25) is 0 Å². The van der Waals surface area contributed by atoms with E-state index < -0.39 is 6.43 Å². The molecule has 1 aromatic carbocycles. The van der Waals surface area contributed by atoms with Crippen LogP contribution in [0.15, 0.2) is 54.6 Å². The molecule has 3 nitrogen and oxygen atoms in total. The van der Waals surface area contributed by atoms with E-state index in [0.29, 0.717) is 11.4 Å². The van der Waals surface area contributed by atoms with E-state index in [1.165, 1.54) is 25.2 Å². The van der Waals surface area contributed by atoms with Gasteiger partial charge in [-0.3, -0.25) is 0 Å². The van der Waals surface area contributed by atoms with Crippen LogP contribution in [0.4, 0.5) is 8.78 Å². The number of aliphatic hydroxyl groups excluding tert-OH is 1. The first kappa shape index (κ1) is 15.1. The average Bonchev–Trinajstić information content (AvgIpc) is 2.86. The van der Waals surface area contributed by atoms with Gasteiger partial charge in [0, 0.05) is 5.39 Å². The smallest absolute Gasteiger partial charge is 0.259 e. The number of aromatic nitrogens is 2. The van der Waals surface area contributed by atoms with E-state index in [1.54, 1.807) is 4.68 Å². The number of aliphatic hydroxyl groups is 1. The van der Waals surface area contributed by atoms with Gasteiger partial charge in [-0.05, 0) is 30.7 Å². The van der Waals surface area contributed by atoms with Crippen molar-refractivity contribution in [2.24, 2.45) is 0 Å². The molecule has 5 heteroatoms. The van der Waals surface area contributed by atoms with E-state index >= 15 is 0 Å². The molecule has 0 saturated heterocycles. The SMILES string of the molecule is C=C/C(=C\C=C(/C)C(F)F)n1nc(CO)c2ccccc21. The van der Waals surface area contributed by atoms with E-state index in [1.807, 2.05) is 24.3 Å². The first-order chi connectivity index (χ1) is 10.1. The number of para-hydroxylation sites is 1. The molecule has 0 radical (unpaired) electrons. The number of rotatable bonds is 5. The highest BCUT2D eigenvalue weighted by atomic mass is 19.3. The fourth-order valence-corrected chi connectivity index (χ4v) is 1.96. The lowest BCUT2D eigenvalue weighted by Gasteiger charge is -2.04. The summed E-state index contributed by atoms with van der Waals surface area (Å²) in [5, 5.41) is 14.5. The van der Waals surface area contributed by atoms with Crippen LogP contribution in [0.5, 0.6) is 0 Å². The standard InChI is InChI=1S/C16H16F2N2O/c1-3-12(9-8-11(2)16(17)18)20-15-7-5-4-6-13(15)14(10-21)19-20/h3-9,16,21H,1,10H2,2H3/b11-8+,12-9+. The molecule has 1 N–H and O–H groups in total. The minimum absolute atomic E-state index is 0.0341. The highest BCUT2D eigenvalue weighted by molar-refractivity contribution is 5.85. The van der Waals surface area contributed by atoms with Crippen LogP contribution in [-0.2, 0) is 6.61 Å². The maximum absolute atomic E-state index is 12.5. The lowest BCUT2D eigenvalue weighted by molar-refractivity contribution is 0.190.